The van der Waals surface area contributed by atoms with E-state index in [1.807, 2.05) is 0 Å². The van der Waals surface area contributed by atoms with E-state index in [9.17, 15) is 4.79 Å². The lowest BCUT2D eigenvalue weighted by atomic mass is 9.81. The second-order valence-electron chi connectivity index (χ2n) is 6.08. The fourth-order valence-corrected chi connectivity index (χ4v) is 3.31. The quantitative estimate of drug-likeness (QED) is 0.806. The molecular formula is C15H28N2O. The van der Waals surface area contributed by atoms with Crippen molar-refractivity contribution in [3.63, 3.8) is 0 Å². The molecule has 0 aromatic heterocycles. The SMILES string of the molecule is CCC1CCC(CNC(=O)C2CCCNC2)CC1. The Morgan fingerprint density at radius 3 is 2.50 bits per heavy atom. The molecule has 18 heavy (non-hydrogen) atoms. The smallest absolute Gasteiger partial charge is 0.224 e. The summed E-state index contributed by atoms with van der Waals surface area (Å²) in [5.74, 6) is 2.17. The first kappa shape index (κ1) is 13.9. The normalized spacial score (nSPS) is 33.1. The highest BCUT2D eigenvalue weighted by Crippen LogP contribution is 2.30. The summed E-state index contributed by atoms with van der Waals surface area (Å²) in [6.07, 6.45) is 8.86. The van der Waals surface area contributed by atoms with Gasteiger partial charge in [0.1, 0.15) is 0 Å². The number of hydrogen-bond donors (Lipinski definition) is 2. The van der Waals surface area contributed by atoms with Gasteiger partial charge in [0, 0.05) is 13.1 Å². The molecular weight excluding hydrogens is 224 g/mol. The van der Waals surface area contributed by atoms with Gasteiger partial charge in [-0.25, -0.2) is 0 Å². The first-order chi connectivity index (χ1) is 8.79. The predicted octanol–water partition coefficient (Wildman–Crippen LogP) is 2.32. The number of nitrogens with one attached hydrogen (secondary N) is 2. The number of carbonyl (C=O) groups is 1. The lowest BCUT2D eigenvalue weighted by Gasteiger charge is -2.29. The Morgan fingerprint density at radius 1 is 1.17 bits per heavy atom. The fourth-order valence-electron chi connectivity index (χ4n) is 3.31. The van der Waals surface area contributed by atoms with Gasteiger partial charge in [-0.05, 0) is 44.1 Å². The average molecular weight is 252 g/mol. The summed E-state index contributed by atoms with van der Waals surface area (Å²) >= 11 is 0. The van der Waals surface area contributed by atoms with Gasteiger partial charge in [0.15, 0.2) is 0 Å². The van der Waals surface area contributed by atoms with Crippen LogP contribution in [0.4, 0.5) is 0 Å². The van der Waals surface area contributed by atoms with Crippen LogP contribution in [0.25, 0.3) is 0 Å². The molecule has 1 amide bonds. The Hall–Kier alpha value is -0.570. The molecule has 0 aromatic rings. The highest BCUT2D eigenvalue weighted by Gasteiger charge is 2.23. The summed E-state index contributed by atoms with van der Waals surface area (Å²) in [5.41, 5.74) is 0. The third kappa shape index (κ3) is 3.98. The Labute approximate surface area is 111 Å². The first-order valence-corrected chi connectivity index (χ1v) is 7.78. The van der Waals surface area contributed by atoms with Gasteiger partial charge in [0.2, 0.25) is 5.91 Å². The zero-order chi connectivity index (χ0) is 12.8. The van der Waals surface area contributed by atoms with Crippen molar-refractivity contribution in [3.05, 3.63) is 0 Å². The molecule has 1 aliphatic carbocycles. The van der Waals surface area contributed by atoms with Crippen LogP contribution in [0.3, 0.4) is 0 Å². The minimum Gasteiger partial charge on any atom is -0.356 e. The molecule has 2 fully saturated rings. The van der Waals surface area contributed by atoms with Gasteiger partial charge >= 0.3 is 0 Å². The third-order valence-electron chi connectivity index (χ3n) is 4.78. The largest absolute Gasteiger partial charge is 0.356 e. The molecule has 3 heteroatoms. The van der Waals surface area contributed by atoms with E-state index in [4.69, 9.17) is 0 Å². The monoisotopic (exact) mass is 252 g/mol. The summed E-state index contributed by atoms with van der Waals surface area (Å²) in [7, 11) is 0. The third-order valence-corrected chi connectivity index (χ3v) is 4.78. The highest BCUT2D eigenvalue weighted by molar-refractivity contribution is 5.78. The molecule has 0 radical (unpaired) electrons. The van der Waals surface area contributed by atoms with E-state index in [2.05, 4.69) is 17.6 Å². The molecule has 3 nitrogen and oxygen atoms in total. The van der Waals surface area contributed by atoms with Crippen LogP contribution in [0.15, 0.2) is 0 Å². The molecule has 2 aliphatic rings. The number of piperidine rings is 1. The molecule has 0 bridgehead atoms. The second-order valence-corrected chi connectivity index (χ2v) is 6.08. The van der Waals surface area contributed by atoms with E-state index in [0.29, 0.717) is 0 Å². The molecule has 1 aliphatic heterocycles. The van der Waals surface area contributed by atoms with Crippen molar-refractivity contribution in [1.29, 1.82) is 0 Å². The number of carbonyl (C=O) groups excluding carboxylic acids is 1. The van der Waals surface area contributed by atoms with Crippen molar-refractivity contribution in [2.24, 2.45) is 17.8 Å². The second kappa shape index (κ2) is 7.13. The Kier molecular flexibility index (Phi) is 5.48. The lowest BCUT2D eigenvalue weighted by molar-refractivity contribution is -0.125. The van der Waals surface area contributed by atoms with E-state index in [1.165, 1.54) is 32.1 Å². The summed E-state index contributed by atoms with van der Waals surface area (Å²) in [4.78, 5) is 12.0. The van der Waals surface area contributed by atoms with Crippen molar-refractivity contribution in [2.45, 2.75) is 51.9 Å². The van der Waals surface area contributed by atoms with Crippen molar-refractivity contribution >= 4 is 5.91 Å². The van der Waals surface area contributed by atoms with Crippen molar-refractivity contribution in [2.75, 3.05) is 19.6 Å². The Morgan fingerprint density at radius 2 is 1.89 bits per heavy atom. The number of rotatable bonds is 4. The van der Waals surface area contributed by atoms with Crippen LogP contribution in [0.1, 0.15) is 51.9 Å². The van der Waals surface area contributed by atoms with Crippen LogP contribution in [0.5, 0.6) is 0 Å². The molecule has 1 saturated carbocycles. The zero-order valence-electron chi connectivity index (χ0n) is 11.7. The maximum atomic E-state index is 12.0. The minimum atomic E-state index is 0.214. The lowest BCUT2D eigenvalue weighted by Crippen LogP contribution is -2.42. The highest BCUT2D eigenvalue weighted by atomic mass is 16.1. The van der Waals surface area contributed by atoms with Crippen molar-refractivity contribution < 1.29 is 4.79 Å². The van der Waals surface area contributed by atoms with Crippen LogP contribution < -0.4 is 10.6 Å². The summed E-state index contributed by atoms with van der Waals surface area (Å²) in [6, 6.07) is 0. The van der Waals surface area contributed by atoms with E-state index in [0.717, 1.165) is 44.3 Å². The van der Waals surface area contributed by atoms with Gasteiger partial charge in [-0.3, -0.25) is 4.79 Å². The summed E-state index contributed by atoms with van der Waals surface area (Å²) < 4.78 is 0. The molecule has 2 N–H and O–H groups in total. The van der Waals surface area contributed by atoms with Gasteiger partial charge in [0.25, 0.3) is 0 Å². The molecule has 104 valence electrons. The zero-order valence-corrected chi connectivity index (χ0v) is 11.7. The molecule has 0 aromatic carbocycles. The maximum absolute atomic E-state index is 12.0. The van der Waals surface area contributed by atoms with Crippen LogP contribution >= 0.6 is 0 Å². The van der Waals surface area contributed by atoms with Gasteiger partial charge in [0.05, 0.1) is 5.92 Å². The van der Waals surface area contributed by atoms with E-state index in [1.54, 1.807) is 0 Å². The minimum absolute atomic E-state index is 0.214. The first-order valence-electron chi connectivity index (χ1n) is 7.78. The molecule has 2 rings (SSSR count). The Bertz CT molecular complexity index is 253. The van der Waals surface area contributed by atoms with Gasteiger partial charge in [-0.2, -0.15) is 0 Å². The van der Waals surface area contributed by atoms with E-state index in [-0.39, 0.29) is 11.8 Å². The maximum Gasteiger partial charge on any atom is 0.224 e. The van der Waals surface area contributed by atoms with E-state index >= 15 is 0 Å². The molecule has 1 saturated heterocycles. The van der Waals surface area contributed by atoms with Gasteiger partial charge in [-0.1, -0.05) is 26.2 Å². The summed E-state index contributed by atoms with van der Waals surface area (Å²) in [5, 5.41) is 6.48. The molecule has 0 spiro atoms. The molecule has 1 unspecified atom stereocenters. The topological polar surface area (TPSA) is 41.1 Å². The average Bonchev–Trinajstić information content (AvgIpc) is 2.46. The molecule has 1 heterocycles. The number of hydrogen-bond acceptors (Lipinski definition) is 2. The van der Waals surface area contributed by atoms with Crippen LogP contribution in [-0.4, -0.2) is 25.5 Å². The Balaban J connectivity index is 1.63. The van der Waals surface area contributed by atoms with Crippen molar-refractivity contribution in [3.8, 4) is 0 Å². The van der Waals surface area contributed by atoms with Crippen LogP contribution in [-0.2, 0) is 4.79 Å². The predicted molar refractivity (Wildman–Crippen MR) is 74.3 cm³/mol. The van der Waals surface area contributed by atoms with Gasteiger partial charge in [-0.15, -0.1) is 0 Å². The molecule has 1 atom stereocenters. The van der Waals surface area contributed by atoms with Crippen LogP contribution in [0.2, 0.25) is 0 Å². The standard InChI is InChI=1S/C15H28N2O/c1-2-12-5-7-13(8-6-12)10-17-15(18)14-4-3-9-16-11-14/h12-14,16H,2-11H2,1H3,(H,17,18). The summed E-state index contributed by atoms with van der Waals surface area (Å²) in [6.45, 7) is 5.15. The van der Waals surface area contributed by atoms with Crippen LogP contribution in [0, 0.1) is 17.8 Å². The van der Waals surface area contributed by atoms with E-state index < -0.39 is 0 Å². The fraction of sp³-hybridized carbons (Fsp3) is 0.933. The van der Waals surface area contributed by atoms with Gasteiger partial charge < -0.3 is 10.6 Å². The number of amides is 1. The van der Waals surface area contributed by atoms with Crippen molar-refractivity contribution in [1.82, 2.24) is 10.6 Å².